The predicted octanol–water partition coefficient (Wildman–Crippen LogP) is 3.12. The molecule has 1 rings (SSSR count). The molecule has 0 aliphatic carbocycles. The molecule has 0 atom stereocenters. The predicted molar refractivity (Wildman–Crippen MR) is 64.2 cm³/mol. The summed E-state index contributed by atoms with van der Waals surface area (Å²) in [4.78, 5) is 0. The first-order valence-electron chi connectivity index (χ1n) is 5.80. The van der Waals surface area contributed by atoms with Crippen molar-refractivity contribution < 1.29 is 13.5 Å². The van der Waals surface area contributed by atoms with Crippen LogP contribution in [0.15, 0.2) is 18.2 Å². The van der Waals surface area contributed by atoms with Crippen LogP contribution in [0.2, 0.25) is 0 Å². The van der Waals surface area contributed by atoms with Crippen LogP contribution < -0.4 is 10.1 Å². The summed E-state index contributed by atoms with van der Waals surface area (Å²) in [6.07, 6.45) is 1.02. The highest BCUT2D eigenvalue weighted by molar-refractivity contribution is 5.25. The Hall–Kier alpha value is -1.16. The van der Waals surface area contributed by atoms with Gasteiger partial charge in [0.05, 0.1) is 0 Å². The fourth-order valence-electron chi connectivity index (χ4n) is 1.46. The molecule has 0 amide bonds. The molecule has 4 heteroatoms. The van der Waals surface area contributed by atoms with Gasteiger partial charge in [-0.1, -0.05) is 13.0 Å². The number of nitrogens with one attached hydrogen (secondary N) is 1. The van der Waals surface area contributed by atoms with Gasteiger partial charge in [-0.2, -0.15) is 4.39 Å². The zero-order valence-electron chi connectivity index (χ0n) is 10.5. The summed E-state index contributed by atoms with van der Waals surface area (Å²) in [6.45, 7) is 7.18. The molecule has 0 aliphatic heterocycles. The Morgan fingerprint density at radius 2 is 2.00 bits per heavy atom. The Morgan fingerprint density at radius 1 is 1.29 bits per heavy atom. The summed E-state index contributed by atoms with van der Waals surface area (Å²) in [7, 11) is 0. The molecule has 1 N–H and O–H groups in total. The minimum absolute atomic E-state index is 0.0479. The van der Waals surface area contributed by atoms with Crippen molar-refractivity contribution in [2.24, 2.45) is 0 Å². The lowest BCUT2D eigenvalue weighted by molar-refractivity contribution is 0.101. The smallest absolute Gasteiger partial charge is 0.200 e. The molecule has 0 spiro atoms. The maximum atomic E-state index is 13.4. The number of ether oxygens (including phenoxy) is 1. The molecule has 0 saturated heterocycles. The Balaban J connectivity index is 2.65. The van der Waals surface area contributed by atoms with E-state index in [4.69, 9.17) is 4.74 Å². The normalized spacial score (nSPS) is 11.6. The van der Waals surface area contributed by atoms with Gasteiger partial charge in [-0.3, -0.25) is 0 Å². The Labute approximate surface area is 101 Å². The zero-order chi connectivity index (χ0) is 12.9. The highest BCUT2D eigenvalue weighted by Crippen LogP contribution is 2.23. The second kappa shape index (κ2) is 5.96. The van der Waals surface area contributed by atoms with Crippen molar-refractivity contribution in [3.63, 3.8) is 0 Å². The number of hydrogen-bond acceptors (Lipinski definition) is 2. The van der Waals surface area contributed by atoms with Gasteiger partial charge in [0.15, 0.2) is 11.6 Å². The zero-order valence-corrected chi connectivity index (χ0v) is 10.5. The molecule has 0 heterocycles. The van der Waals surface area contributed by atoms with E-state index in [1.807, 2.05) is 13.8 Å². The molecule has 0 radical (unpaired) electrons. The number of halogens is 2. The van der Waals surface area contributed by atoms with Crippen molar-refractivity contribution in [2.75, 3.05) is 13.1 Å². The highest BCUT2D eigenvalue weighted by atomic mass is 19.2. The number of rotatable bonds is 6. The standard InChI is InChI=1S/C13H19F2NO/c1-4-8-16-9-13(2,3)17-11-7-5-6-10(14)12(11)15/h5-7,16H,4,8-9H2,1-3H3. The topological polar surface area (TPSA) is 21.3 Å². The molecule has 1 aromatic carbocycles. The van der Waals surface area contributed by atoms with E-state index in [9.17, 15) is 8.78 Å². The average molecular weight is 243 g/mol. The maximum absolute atomic E-state index is 13.4. The largest absolute Gasteiger partial charge is 0.483 e. The van der Waals surface area contributed by atoms with Gasteiger partial charge in [0, 0.05) is 6.54 Å². The third kappa shape index (κ3) is 4.30. The minimum Gasteiger partial charge on any atom is -0.483 e. The van der Waals surface area contributed by atoms with Gasteiger partial charge < -0.3 is 10.1 Å². The lowest BCUT2D eigenvalue weighted by Gasteiger charge is -2.27. The third-order valence-electron chi connectivity index (χ3n) is 2.28. The number of hydrogen-bond donors (Lipinski definition) is 1. The van der Waals surface area contributed by atoms with E-state index < -0.39 is 17.2 Å². The molecule has 0 saturated carbocycles. The Kier molecular flexibility index (Phi) is 4.87. The SMILES string of the molecule is CCCNCC(C)(C)Oc1cccc(F)c1F. The van der Waals surface area contributed by atoms with Gasteiger partial charge in [-0.15, -0.1) is 0 Å². The fraction of sp³-hybridized carbons (Fsp3) is 0.538. The van der Waals surface area contributed by atoms with Crippen LogP contribution >= 0.6 is 0 Å². The monoisotopic (exact) mass is 243 g/mol. The molecule has 0 fully saturated rings. The molecule has 96 valence electrons. The van der Waals surface area contributed by atoms with E-state index in [-0.39, 0.29) is 5.75 Å². The molecule has 0 aromatic heterocycles. The van der Waals surface area contributed by atoms with Crippen LogP contribution in [-0.2, 0) is 0 Å². The van der Waals surface area contributed by atoms with Crippen molar-refractivity contribution in [1.29, 1.82) is 0 Å². The number of benzene rings is 1. The first-order chi connectivity index (χ1) is 7.96. The van der Waals surface area contributed by atoms with Crippen LogP contribution in [0.1, 0.15) is 27.2 Å². The highest BCUT2D eigenvalue weighted by Gasteiger charge is 2.21. The van der Waals surface area contributed by atoms with Crippen molar-refractivity contribution in [1.82, 2.24) is 5.32 Å². The van der Waals surface area contributed by atoms with Gasteiger partial charge in [-0.05, 0) is 38.9 Å². The van der Waals surface area contributed by atoms with Gasteiger partial charge in [0.1, 0.15) is 5.60 Å². The van der Waals surface area contributed by atoms with Crippen LogP contribution in [0.3, 0.4) is 0 Å². The molecule has 1 aromatic rings. The molecule has 0 unspecified atom stereocenters. The van der Waals surface area contributed by atoms with Crippen LogP contribution in [0.4, 0.5) is 8.78 Å². The van der Waals surface area contributed by atoms with Gasteiger partial charge in [-0.25, -0.2) is 4.39 Å². The molecular weight excluding hydrogens is 224 g/mol. The lowest BCUT2D eigenvalue weighted by atomic mass is 10.1. The quantitative estimate of drug-likeness (QED) is 0.775. The van der Waals surface area contributed by atoms with E-state index in [0.29, 0.717) is 6.54 Å². The van der Waals surface area contributed by atoms with E-state index in [2.05, 4.69) is 12.2 Å². The summed E-state index contributed by atoms with van der Waals surface area (Å²) in [5.41, 5.74) is -0.580. The van der Waals surface area contributed by atoms with Crippen molar-refractivity contribution in [2.45, 2.75) is 32.8 Å². The maximum Gasteiger partial charge on any atom is 0.200 e. The molecule has 17 heavy (non-hydrogen) atoms. The summed E-state index contributed by atoms with van der Waals surface area (Å²) in [5.74, 6) is -1.87. The van der Waals surface area contributed by atoms with E-state index in [1.54, 1.807) is 0 Å². The lowest BCUT2D eigenvalue weighted by Crippen LogP contribution is -2.40. The van der Waals surface area contributed by atoms with Crippen LogP contribution in [0, 0.1) is 11.6 Å². The van der Waals surface area contributed by atoms with Crippen molar-refractivity contribution in [3.8, 4) is 5.75 Å². The van der Waals surface area contributed by atoms with Crippen LogP contribution in [0.25, 0.3) is 0 Å². The van der Waals surface area contributed by atoms with Crippen LogP contribution in [0.5, 0.6) is 5.75 Å². The summed E-state index contributed by atoms with van der Waals surface area (Å²) in [5, 5.41) is 3.19. The first-order valence-corrected chi connectivity index (χ1v) is 5.80. The molecule has 0 bridgehead atoms. The van der Waals surface area contributed by atoms with Gasteiger partial charge >= 0.3 is 0 Å². The summed E-state index contributed by atoms with van der Waals surface area (Å²) >= 11 is 0. The minimum atomic E-state index is -0.934. The van der Waals surface area contributed by atoms with E-state index >= 15 is 0 Å². The second-order valence-corrected chi connectivity index (χ2v) is 4.59. The second-order valence-electron chi connectivity index (χ2n) is 4.59. The third-order valence-corrected chi connectivity index (χ3v) is 2.28. The Bertz CT molecular complexity index is 366. The first kappa shape index (κ1) is 13.9. The summed E-state index contributed by atoms with van der Waals surface area (Å²) in [6, 6.07) is 3.94. The Morgan fingerprint density at radius 3 is 2.65 bits per heavy atom. The molecular formula is C13H19F2NO. The van der Waals surface area contributed by atoms with Gasteiger partial charge in [0.2, 0.25) is 5.82 Å². The van der Waals surface area contributed by atoms with E-state index in [0.717, 1.165) is 19.0 Å². The van der Waals surface area contributed by atoms with E-state index in [1.165, 1.54) is 12.1 Å². The molecule has 2 nitrogen and oxygen atoms in total. The van der Waals surface area contributed by atoms with Gasteiger partial charge in [0.25, 0.3) is 0 Å². The van der Waals surface area contributed by atoms with Crippen LogP contribution in [-0.4, -0.2) is 18.7 Å². The average Bonchev–Trinajstić information content (AvgIpc) is 2.25. The fourth-order valence-corrected chi connectivity index (χ4v) is 1.46. The van der Waals surface area contributed by atoms with Crippen molar-refractivity contribution in [3.05, 3.63) is 29.8 Å². The summed E-state index contributed by atoms with van der Waals surface area (Å²) < 4.78 is 31.9. The molecule has 0 aliphatic rings. The van der Waals surface area contributed by atoms with Crippen molar-refractivity contribution >= 4 is 0 Å².